The van der Waals surface area contributed by atoms with Crippen LogP contribution in [0.15, 0.2) is 42.5 Å². The molecule has 0 unspecified atom stereocenters. The van der Waals surface area contributed by atoms with Crippen molar-refractivity contribution in [3.63, 3.8) is 0 Å². The Balaban J connectivity index is 2.09. The smallest absolute Gasteiger partial charge is 0.322 e. The lowest BCUT2D eigenvalue weighted by Gasteiger charge is -2.28. The van der Waals surface area contributed by atoms with Gasteiger partial charge in [0.15, 0.2) is 0 Å². The Kier molecular flexibility index (Phi) is 7.20. The molecule has 0 aromatic heterocycles. The predicted molar refractivity (Wildman–Crippen MR) is 118 cm³/mol. The molecule has 0 saturated heterocycles. The lowest BCUT2D eigenvalue weighted by molar-refractivity contribution is -0.140. The minimum atomic E-state index is -1.18. The summed E-state index contributed by atoms with van der Waals surface area (Å²) in [6.45, 7) is 3.17. The van der Waals surface area contributed by atoms with E-state index in [-0.39, 0.29) is 12.5 Å². The van der Waals surface area contributed by atoms with E-state index in [0.29, 0.717) is 26.9 Å². The Bertz CT molecular complexity index is 1010. The number of carboxylic acid groups (broad SMARTS) is 1. The summed E-state index contributed by atoms with van der Waals surface area (Å²) in [5.74, 6) is -2.19. The average Bonchev–Trinajstić information content (AvgIpc) is 2.81. The van der Waals surface area contributed by atoms with E-state index in [9.17, 15) is 14.4 Å². The Morgan fingerprint density at radius 1 is 1.16 bits per heavy atom. The first kappa shape index (κ1) is 23.1. The third-order valence-electron chi connectivity index (χ3n) is 4.86. The number of hydrogen-bond donors (Lipinski definition) is 2. The van der Waals surface area contributed by atoms with E-state index in [1.54, 1.807) is 47.4 Å². The van der Waals surface area contributed by atoms with Gasteiger partial charge in [0.2, 0.25) is 5.91 Å². The van der Waals surface area contributed by atoms with Crippen molar-refractivity contribution in [2.75, 3.05) is 11.4 Å². The van der Waals surface area contributed by atoms with Crippen LogP contribution in [0.2, 0.25) is 10.0 Å². The number of aliphatic carboxylic acids is 1. The Hall–Kier alpha value is -2.61. The fourth-order valence-corrected chi connectivity index (χ4v) is 3.95. The van der Waals surface area contributed by atoms with Gasteiger partial charge in [-0.15, -0.1) is 0 Å². The summed E-state index contributed by atoms with van der Waals surface area (Å²) in [5.41, 5.74) is 1.89. The monoisotopic (exact) mass is 464 g/mol. The maximum atomic E-state index is 13.4. The van der Waals surface area contributed by atoms with Crippen molar-refractivity contribution < 1.29 is 24.2 Å². The number of carbonyl (C=O) groups excluding carboxylic acids is 2. The van der Waals surface area contributed by atoms with Crippen molar-refractivity contribution in [1.29, 1.82) is 0 Å². The van der Waals surface area contributed by atoms with Crippen LogP contribution in [0, 0.1) is 0 Å². The second kappa shape index (κ2) is 9.68. The van der Waals surface area contributed by atoms with Gasteiger partial charge in [-0.2, -0.15) is 0 Å². The summed E-state index contributed by atoms with van der Waals surface area (Å²) in [7, 11) is 0. The van der Waals surface area contributed by atoms with Crippen LogP contribution >= 0.6 is 23.2 Å². The Labute approximate surface area is 189 Å². The van der Waals surface area contributed by atoms with Crippen LogP contribution in [0.4, 0.5) is 5.69 Å². The number of fused-ring (bicyclic) bond motifs is 1. The second-order valence-electron chi connectivity index (χ2n) is 7.41. The molecule has 3 rings (SSSR count). The van der Waals surface area contributed by atoms with Gasteiger partial charge in [-0.05, 0) is 38.1 Å². The lowest BCUT2D eigenvalue weighted by Crippen LogP contribution is -2.45. The number of halogens is 2. The standard InChI is InChI=1S/C22H22Cl2N2O5/c1-12(2)26-17-8-7-13(23)9-15(17)21(14-5-3-4-6-16(14)24)31-18(22(26)30)10-19(27)25-11-20(28)29/h3-9,12,18,21H,10-11H2,1-2H3,(H,25,27)(H,28,29)/t18-,21-/m0/s1. The molecule has 0 aliphatic carbocycles. The van der Waals surface area contributed by atoms with Gasteiger partial charge in [0, 0.05) is 27.2 Å². The first-order valence-corrected chi connectivity index (χ1v) is 10.5. The number of nitrogens with zero attached hydrogens (tertiary/aromatic N) is 1. The van der Waals surface area contributed by atoms with Crippen LogP contribution in [0.1, 0.15) is 37.5 Å². The van der Waals surface area contributed by atoms with E-state index < -0.39 is 36.5 Å². The molecule has 2 aromatic rings. The van der Waals surface area contributed by atoms with E-state index >= 15 is 0 Å². The molecule has 0 bridgehead atoms. The van der Waals surface area contributed by atoms with Gasteiger partial charge in [0.1, 0.15) is 18.8 Å². The topological polar surface area (TPSA) is 95.9 Å². The molecule has 2 N–H and O–H groups in total. The molecule has 2 atom stereocenters. The molecule has 2 aromatic carbocycles. The minimum absolute atomic E-state index is 0.231. The van der Waals surface area contributed by atoms with Gasteiger partial charge in [-0.25, -0.2) is 0 Å². The van der Waals surface area contributed by atoms with E-state index in [2.05, 4.69) is 5.32 Å². The summed E-state index contributed by atoms with van der Waals surface area (Å²) >= 11 is 12.7. The van der Waals surface area contributed by atoms with E-state index in [1.807, 2.05) is 13.8 Å². The highest BCUT2D eigenvalue weighted by molar-refractivity contribution is 6.31. The molecule has 7 nitrogen and oxygen atoms in total. The van der Waals surface area contributed by atoms with Crippen molar-refractivity contribution in [2.24, 2.45) is 0 Å². The van der Waals surface area contributed by atoms with Gasteiger partial charge in [0.25, 0.3) is 5.91 Å². The highest BCUT2D eigenvalue weighted by atomic mass is 35.5. The molecule has 0 spiro atoms. The van der Waals surface area contributed by atoms with Crippen LogP contribution in [-0.4, -0.2) is 41.6 Å². The molecule has 1 heterocycles. The summed E-state index contributed by atoms with van der Waals surface area (Å²) in [5, 5.41) is 12.0. The number of benzene rings is 2. The number of hydrogen-bond acceptors (Lipinski definition) is 4. The van der Waals surface area contributed by atoms with Crippen LogP contribution in [0.3, 0.4) is 0 Å². The molecule has 31 heavy (non-hydrogen) atoms. The average molecular weight is 465 g/mol. The van der Waals surface area contributed by atoms with Crippen LogP contribution in [0.5, 0.6) is 0 Å². The molecule has 0 radical (unpaired) electrons. The fourth-order valence-electron chi connectivity index (χ4n) is 3.54. The van der Waals surface area contributed by atoms with Crippen molar-refractivity contribution >= 4 is 46.7 Å². The van der Waals surface area contributed by atoms with Crippen molar-refractivity contribution in [1.82, 2.24) is 5.32 Å². The quantitative estimate of drug-likeness (QED) is 0.677. The van der Waals surface area contributed by atoms with Crippen LogP contribution < -0.4 is 10.2 Å². The maximum Gasteiger partial charge on any atom is 0.322 e. The molecule has 1 aliphatic rings. The lowest BCUT2D eigenvalue weighted by atomic mass is 9.99. The van der Waals surface area contributed by atoms with Crippen molar-refractivity contribution in [3.05, 3.63) is 63.6 Å². The number of carbonyl (C=O) groups is 3. The number of ether oxygens (including phenoxy) is 1. The number of nitrogens with one attached hydrogen (secondary N) is 1. The van der Waals surface area contributed by atoms with Gasteiger partial charge in [-0.3, -0.25) is 14.4 Å². The predicted octanol–water partition coefficient (Wildman–Crippen LogP) is 3.81. The third kappa shape index (κ3) is 5.18. The molecule has 2 amide bonds. The molecular weight excluding hydrogens is 443 g/mol. The highest BCUT2D eigenvalue weighted by Crippen LogP contribution is 2.42. The first-order chi connectivity index (χ1) is 14.7. The fraction of sp³-hybridized carbons (Fsp3) is 0.318. The number of carboxylic acids is 1. The van der Waals surface area contributed by atoms with Crippen LogP contribution in [0.25, 0.3) is 0 Å². The van der Waals surface area contributed by atoms with Crippen molar-refractivity contribution in [2.45, 2.75) is 38.5 Å². The van der Waals surface area contributed by atoms with E-state index in [1.165, 1.54) is 0 Å². The second-order valence-corrected chi connectivity index (χ2v) is 8.25. The van der Waals surface area contributed by atoms with Crippen LogP contribution in [-0.2, 0) is 19.1 Å². The van der Waals surface area contributed by atoms with Gasteiger partial charge in [-0.1, -0.05) is 41.4 Å². The van der Waals surface area contributed by atoms with Gasteiger partial charge in [0.05, 0.1) is 12.1 Å². The SMILES string of the molecule is CC(C)N1C(=O)[C@H](CC(=O)NCC(=O)O)O[C@@H](c2ccccc2Cl)c2cc(Cl)ccc21. The minimum Gasteiger partial charge on any atom is -0.480 e. The highest BCUT2D eigenvalue weighted by Gasteiger charge is 2.39. The molecule has 164 valence electrons. The summed E-state index contributed by atoms with van der Waals surface area (Å²) in [6.07, 6.45) is -2.24. The summed E-state index contributed by atoms with van der Waals surface area (Å²) in [6, 6.07) is 12.0. The van der Waals surface area contributed by atoms with E-state index in [0.717, 1.165) is 0 Å². The maximum absolute atomic E-state index is 13.4. The first-order valence-electron chi connectivity index (χ1n) is 9.70. The summed E-state index contributed by atoms with van der Waals surface area (Å²) in [4.78, 5) is 38.1. The zero-order valence-corrected chi connectivity index (χ0v) is 18.5. The molecule has 0 saturated carbocycles. The number of rotatable bonds is 6. The largest absolute Gasteiger partial charge is 0.480 e. The van der Waals surface area contributed by atoms with E-state index in [4.69, 9.17) is 33.0 Å². The number of amides is 2. The van der Waals surface area contributed by atoms with Gasteiger partial charge >= 0.3 is 5.97 Å². The molecule has 1 aliphatic heterocycles. The van der Waals surface area contributed by atoms with Crippen molar-refractivity contribution in [3.8, 4) is 0 Å². The Morgan fingerprint density at radius 2 is 1.87 bits per heavy atom. The molecular formula is C22H22Cl2N2O5. The zero-order valence-electron chi connectivity index (χ0n) is 17.0. The molecule has 0 fully saturated rings. The summed E-state index contributed by atoms with van der Waals surface area (Å²) < 4.78 is 6.19. The number of anilines is 1. The molecule has 9 heteroatoms. The normalized spacial score (nSPS) is 18.5. The Morgan fingerprint density at radius 3 is 2.52 bits per heavy atom. The van der Waals surface area contributed by atoms with Gasteiger partial charge < -0.3 is 20.1 Å². The third-order valence-corrected chi connectivity index (χ3v) is 5.44. The zero-order chi connectivity index (χ0) is 22.7.